The van der Waals surface area contributed by atoms with E-state index in [2.05, 4.69) is 10.4 Å². The quantitative estimate of drug-likeness (QED) is 0.524. The Morgan fingerprint density at radius 1 is 1.17 bits per heavy atom. The Morgan fingerprint density at radius 2 is 2.03 bits per heavy atom. The number of nitrogens with one attached hydrogen (secondary N) is 1. The second kappa shape index (κ2) is 7.12. The van der Waals surface area contributed by atoms with Crippen LogP contribution >= 0.6 is 0 Å². The van der Waals surface area contributed by atoms with Gasteiger partial charge in [0.1, 0.15) is 6.54 Å². The van der Waals surface area contributed by atoms with Crippen molar-refractivity contribution in [1.29, 1.82) is 0 Å². The molecule has 0 bridgehead atoms. The van der Waals surface area contributed by atoms with Crippen molar-refractivity contribution in [2.45, 2.75) is 32.0 Å². The Kier molecular flexibility index (Phi) is 4.31. The lowest BCUT2D eigenvalue weighted by atomic mass is 10.2. The molecule has 8 heteroatoms. The molecule has 1 aromatic carbocycles. The molecule has 0 unspecified atom stereocenters. The molecule has 3 aromatic heterocycles. The smallest absolute Gasteiger partial charge is 0.346 e. The predicted molar refractivity (Wildman–Crippen MR) is 107 cm³/mol. The number of hydrogen-bond donors (Lipinski definition) is 1. The Hall–Kier alpha value is -3.55. The van der Waals surface area contributed by atoms with Crippen LogP contribution in [0.4, 0.5) is 0 Å². The highest BCUT2D eigenvalue weighted by Crippen LogP contribution is 2.36. The van der Waals surface area contributed by atoms with Crippen LogP contribution in [0.1, 0.15) is 18.9 Å². The normalized spacial score (nSPS) is 13.8. The monoisotopic (exact) mass is 391 g/mol. The van der Waals surface area contributed by atoms with E-state index in [1.807, 2.05) is 41.1 Å². The van der Waals surface area contributed by atoms with E-state index >= 15 is 0 Å². The lowest BCUT2D eigenvalue weighted by Gasteiger charge is -2.07. The number of benzene rings is 1. The zero-order chi connectivity index (χ0) is 19.8. The fourth-order valence-electron chi connectivity index (χ4n) is 3.59. The van der Waals surface area contributed by atoms with E-state index < -0.39 is 0 Å². The molecule has 148 valence electrons. The van der Waals surface area contributed by atoms with E-state index in [1.54, 1.807) is 23.0 Å². The van der Waals surface area contributed by atoms with Gasteiger partial charge in [0.2, 0.25) is 11.7 Å². The standard InChI is InChI=1S/C21H21N5O3/c27-19(14-24-11-9-15-4-1-2-5-17(15)24)22-10-12-25-21(28)26(16-7-8-16)20(23-25)18-6-3-13-29-18/h1-6,9,11,13,16H,7-8,10,12,14H2,(H,22,27). The van der Waals surface area contributed by atoms with Crippen LogP contribution in [0.15, 0.2) is 64.1 Å². The molecule has 1 N–H and O–H groups in total. The number of furan rings is 1. The molecule has 3 heterocycles. The van der Waals surface area contributed by atoms with Crippen LogP contribution in [0.2, 0.25) is 0 Å². The first kappa shape index (κ1) is 17.5. The zero-order valence-corrected chi connectivity index (χ0v) is 15.8. The third-order valence-electron chi connectivity index (χ3n) is 5.16. The zero-order valence-electron chi connectivity index (χ0n) is 15.8. The number of carbonyl (C=O) groups excluding carboxylic acids is 1. The summed E-state index contributed by atoms with van der Waals surface area (Å²) in [6, 6.07) is 13.7. The second-order valence-corrected chi connectivity index (χ2v) is 7.26. The summed E-state index contributed by atoms with van der Waals surface area (Å²) in [4.78, 5) is 25.1. The van der Waals surface area contributed by atoms with Crippen LogP contribution in [0.25, 0.3) is 22.5 Å². The van der Waals surface area contributed by atoms with E-state index in [0.717, 1.165) is 23.7 Å². The van der Waals surface area contributed by atoms with Crippen LogP contribution in [-0.2, 0) is 17.9 Å². The molecule has 0 aliphatic heterocycles. The molecule has 0 atom stereocenters. The minimum Gasteiger partial charge on any atom is -0.461 e. The van der Waals surface area contributed by atoms with Crippen molar-refractivity contribution < 1.29 is 9.21 Å². The lowest BCUT2D eigenvalue weighted by molar-refractivity contribution is -0.121. The van der Waals surface area contributed by atoms with Gasteiger partial charge >= 0.3 is 5.69 Å². The van der Waals surface area contributed by atoms with E-state index in [4.69, 9.17) is 4.42 Å². The van der Waals surface area contributed by atoms with Crippen LogP contribution in [-0.4, -0.2) is 31.4 Å². The summed E-state index contributed by atoms with van der Waals surface area (Å²) in [5, 5.41) is 8.42. The first-order chi connectivity index (χ1) is 14.2. The number of para-hydroxylation sites is 1. The Labute approximate surface area is 166 Å². The van der Waals surface area contributed by atoms with Crippen molar-refractivity contribution in [2.75, 3.05) is 6.54 Å². The Morgan fingerprint density at radius 3 is 2.83 bits per heavy atom. The topological polar surface area (TPSA) is 87.0 Å². The van der Waals surface area contributed by atoms with Gasteiger partial charge < -0.3 is 14.3 Å². The van der Waals surface area contributed by atoms with Crippen molar-refractivity contribution in [2.24, 2.45) is 0 Å². The molecule has 29 heavy (non-hydrogen) atoms. The van der Waals surface area contributed by atoms with Gasteiger partial charge in [0.15, 0.2) is 5.76 Å². The first-order valence-corrected chi connectivity index (χ1v) is 9.74. The average molecular weight is 391 g/mol. The summed E-state index contributed by atoms with van der Waals surface area (Å²) in [7, 11) is 0. The number of nitrogens with zero attached hydrogens (tertiary/aromatic N) is 4. The SMILES string of the molecule is O=C(Cn1ccc2ccccc21)NCCn1nc(-c2ccco2)n(C2CC2)c1=O. The van der Waals surface area contributed by atoms with Crippen molar-refractivity contribution in [3.63, 3.8) is 0 Å². The molecule has 1 aliphatic carbocycles. The molecule has 1 saturated carbocycles. The highest BCUT2D eigenvalue weighted by molar-refractivity contribution is 5.83. The van der Waals surface area contributed by atoms with Crippen molar-refractivity contribution >= 4 is 16.8 Å². The van der Waals surface area contributed by atoms with Gasteiger partial charge in [-0.2, -0.15) is 0 Å². The largest absolute Gasteiger partial charge is 0.461 e. The van der Waals surface area contributed by atoms with Gasteiger partial charge in [-0.25, -0.2) is 9.48 Å². The number of aromatic nitrogens is 4. The minimum atomic E-state index is -0.162. The first-order valence-electron chi connectivity index (χ1n) is 9.74. The highest BCUT2D eigenvalue weighted by atomic mass is 16.3. The molecule has 1 fully saturated rings. The fourth-order valence-corrected chi connectivity index (χ4v) is 3.59. The molecule has 5 rings (SSSR count). The van der Waals surface area contributed by atoms with Gasteiger partial charge in [-0.1, -0.05) is 18.2 Å². The number of fused-ring (bicyclic) bond motifs is 1. The number of carbonyl (C=O) groups is 1. The average Bonchev–Trinajstić information content (AvgIpc) is 3.13. The van der Waals surface area contributed by atoms with Crippen molar-refractivity contribution in [3.05, 3.63) is 65.4 Å². The summed E-state index contributed by atoms with van der Waals surface area (Å²) < 4.78 is 10.5. The Balaban J connectivity index is 1.25. The third-order valence-corrected chi connectivity index (χ3v) is 5.16. The molecule has 4 aromatic rings. The van der Waals surface area contributed by atoms with Crippen molar-refractivity contribution in [1.82, 2.24) is 24.2 Å². The minimum absolute atomic E-state index is 0.104. The van der Waals surface area contributed by atoms with Crippen molar-refractivity contribution in [3.8, 4) is 11.6 Å². The Bertz CT molecular complexity index is 1210. The summed E-state index contributed by atoms with van der Waals surface area (Å²) in [5.41, 5.74) is 0.856. The van der Waals surface area contributed by atoms with Gasteiger partial charge in [-0.3, -0.25) is 9.36 Å². The van der Waals surface area contributed by atoms with E-state index in [1.165, 1.54) is 4.68 Å². The summed E-state index contributed by atoms with van der Waals surface area (Å²) in [5.74, 6) is 1.02. The molecule has 8 nitrogen and oxygen atoms in total. The molecule has 0 radical (unpaired) electrons. The van der Waals surface area contributed by atoms with Crippen LogP contribution in [0, 0.1) is 0 Å². The lowest BCUT2D eigenvalue weighted by Crippen LogP contribution is -2.33. The van der Waals surface area contributed by atoms with Crippen LogP contribution in [0.3, 0.4) is 0 Å². The maximum absolute atomic E-state index is 12.7. The van der Waals surface area contributed by atoms with Gasteiger partial charge in [-0.15, -0.1) is 5.10 Å². The highest BCUT2D eigenvalue weighted by Gasteiger charge is 2.31. The third kappa shape index (κ3) is 3.37. The fraction of sp³-hybridized carbons (Fsp3) is 0.286. The van der Waals surface area contributed by atoms with Crippen LogP contribution in [0.5, 0.6) is 0 Å². The van der Waals surface area contributed by atoms with Gasteiger partial charge in [0.05, 0.1) is 12.8 Å². The summed E-state index contributed by atoms with van der Waals surface area (Å²) >= 11 is 0. The van der Waals surface area contributed by atoms with Gasteiger partial charge in [0.25, 0.3) is 0 Å². The van der Waals surface area contributed by atoms with Crippen LogP contribution < -0.4 is 11.0 Å². The molecular formula is C21H21N5O3. The van der Waals surface area contributed by atoms with E-state index in [-0.39, 0.29) is 24.2 Å². The molecular weight excluding hydrogens is 370 g/mol. The molecule has 0 spiro atoms. The molecule has 1 amide bonds. The van der Waals surface area contributed by atoms with Gasteiger partial charge in [-0.05, 0) is 42.5 Å². The van der Waals surface area contributed by atoms with E-state index in [9.17, 15) is 9.59 Å². The number of amides is 1. The second-order valence-electron chi connectivity index (χ2n) is 7.26. The number of rotatable bonds is 7. The maximum Gasteiger partial charge on any atom is 0.346 e. The molecule has 1 aliphatic rings. The number of hydrogen-bond acceptors (Lipinski definition) is 4. The summed E-state index contributed by atoms with van der Waals surface area (Å²) in [6.07, 6.45) is 5.42. The predicted octanol–water partition coefficient (Wildman–Crippen LogP) is 2.41. The summed E-state index contributed by atoms with van der Waals surface area (Å²) in [6.45, 7) is 0.873. The van der Waals surface area contributed by atoms with Gasteiger partial charge in [0, 0.05) is 24.3 Å². The van der Waals surface area contributed by atoms with E-state index in [0.29, 0.717) is 24.7 Å². The molecule has 0 saturated heterocycles. The maximum atomic E-state index is 12.7.